The van der Waals surface area contributed by atoms with Crippen molar-refractivity contribution in [3.63, 3.8) is 0 Å². The van der Waals surface area contributed by atoms with Gasteiger partial charge in [0, 0.05) is 29.8 Å². The number of phenolic OH excluding ortho intramolecular Hbond substituents is 5. The summed E-state index contributed by atoms with van der Waals surface area (Å²) in [6.07, 6.45) is -3.00. The average Bonchev–Trinajstić information content (AvgIpc) is 3.12. The van der Waals surface area contributed by atoms with Crippen molar-refractivity contribution in [1.82, 2.24) is 0 Å². The van der Waals surface area contributed by atoms with Gasteiger partial charge >= 0.3 is 11.9 Å². The predicted octanol–water partition coefficient (Wildman–Crippen LogP) is 4.72. The lowest BCUT2D eigenvalue weighted by Gasteiger charge is -2.41. The van der Waals surface area contributed by atoms with E-state index in [4.69, 9.17) is 23.4 Å². The van der Waals surface area contributed by atoms with Crippen molar-refractivity contribution in [3.05, 3.63) is 118 Å². The van der Waals surface area contributed by atoms with E-state index in [0.717, 1.165) is 24.3 Å². The molecule has 1 aliphatic heterocycles. The Morgan fingerprint density at radius 2 is 1.21 bits per heavy atom. The first-order valence-electron chi connectivity index (χ1n) is 16.0. The van der Waals surface area contributed by atoms with Crippen LogP contribution in [0.3, 0.4) is 0 Å². The minimum absolute atomic E-state index is 0.00579. The van der Waals surface area contributed by atoms with Gasteiger partial charge in [-0.3, -0.25) is 4.79 Å². The number of fused-ring (bicyclic) bond motifs is 1. The van der Waals surface area contributed by atoms with Gasteiger partial charge in [0.15, 0.2) is 11.9 Å². The lowest BCUT2D eigenvalue weighted by Crippen LogP contribution is -2.61. The summed E-state index contributed by atoms with van der Waals surface area (Å²) >= 11 is 0. The van der Waals surface area contributed by atoms with Crippen molar-refractivity contribution in [2.75, 3.05) is 0 Å². The lowest BCUT2D eigenvalue weighted by molar-refractivity contribution is -0.276. The summed E-state index contributed by atoms with van der Waals surface area (Å²) in [4.78, 5) is 40.4. The molecule has 1 aliphatic rings. The second-order valence-electron chi connectivity index (χ2n) is 11.9. The molecule has 1 fully saturated rings. The van der Waals surface area contributed by atoms with Crippen molar-refractivity contribution in [2.45, 2.75) is 37.6 Å². The van der Waals surface area contributed by atoms with Crippen molar-refractivity contribution >= 4 is 35.1 Å². The molecule has 53 heavy (non-hydrogen) atoms. The van der Waals surface area contributed by atoms with E-state index in [-0.39, 0.29) is 39.5 Å². The molecule has 0 aliphatic carbocycles. The van der Waals surface area contributed by atoms with Gasteiger partial charge in [-0.2, -0.15) is 0 Å². The zero-order chi connectivity index (χ0) is 37.8. The van der Waals surface area contributed by atoms with Crippen molar-refractivity contribution in [2.24, 2.45) is 0 Å². The Labute approximate surface area is 300 Å². The molecule has 2 heterocycles. The maximum atomic E-state index is 14.0. The van der Waals surface area contributed by atoms with E-state index in [1.54, 1.807) is 12.1 Å². The molecule has 272 valence electrons. The Morgan fingerprint density at radius 3 is 1.75 bits per heavy atom. The number of aliphatic hydroxyl groups excluding tert-OH is 1. The molecule has 5 aromatic rings. The van der Waals surface area contributed by atoms with Crippen LogP contribution in [0.2, 0.25) is 0 Å². The molecular weight excluding hydrogens is 692 g/mol. The topological polar surface area (TPSA) is 223 Å². The minimum atomic E-state index is -1.76. The molecule has 0 saturated carbocycles. The first-order chi connectivity index (χ1) is 25.4. The van der Waals surface area contributed by atoms with Gasteiger partial charge in [0.05, 0.1) is 6.10 Å². The third-order valence-corrected chi connectivity index (χ3v) is 8.15. The van der Waals surface area contributed by atoms with Crippen molar-refractivity contribution in [1.29, 1.82) is 0 Å². The number of rotatable bonds is 9. The van der Waals surface area contributed by atoms with Gasteiger partial charge in [0.2, 0.25) is 23.6 Å². The van der Waals surface area contributed by atoms with Crippen molar-refractivity contribution in [3.8, 4) is 45.8 Å². The lowest BCUT2D eigenvalue weighted by atomic mass is 9.99. The van der Waals surface area contributed by atoms with Crippen LogP contribution in [-0.4, -0.2) is 73.3 Å². The molecule has 4 aromatic carbocycles. The molecule has 6 rings (SSSR count). The summed E-state index contributed by atoms with van der Waals surface area (Å²) in [5.41, 5.74) is 0.103. The summed E-state index contributed by atoms with van der Waals surface area (Å²) in [6.45, 7) is 1.43. The van der Waals surface area contributed by atoms with Crippen LogP contribution in [0.1, 0.15) is 18.1 Å². The van der Waals surface area contributed by atoms with Gasteiger partial charge in [0.1, 0.15) is 45.8 Å². The average molecular weight is 725 g/mol. The molecule has 6 N–H and O–H groups in total. The Hall–Kier alpha value is -6.77. The molecule has 1 aromatic heterocycles. The highest BCUT2D eigenvalue weighted by Crippen LogP contribution is 2.38. The summed E-state index contributed by atoms with van der Waals surface area (Å²) in [7, 11) is 0. The summed E-state index contributed by atoms with van der Waals surface area (Å²) in [5.74, 6) is -3.89. The first kappa shape index (κ1) is 36.0. The number of benzene rings is 4. The van der Waals surface area contributed by atoms with E-state index in [9.17, 15) is 45.0 Å². The standard InChI is InChI=1S/C39H32O14/c1-20-33(47)36(51-30(45)16-6-21-2-10-24(40)11-3-21)38(52-31(46)17-7-22-4-12-25(41)13-5-22)39(49-20)53-37-34(48)32-28(44)18-27(43)19-29(32)50-35(37)23-8-14-26(42)15-9-23/h2-20,33,36,38-44,47H,1H3/b16-6-,17-7-. The quantitative estimate of drug-likeness (QED) is 0.0894. The van der Waals surface area contributed by atoms with E-state index < -0.39 is 65.3 Å². The van der Waals surface area contributed by atoms with Gasteiger partial charge in [-0.15, -0.1) is 0 Å². The normalized spacial score (nSPS) is 20.1. The highest BCUT2D eigenvalue weighted by molar-refractivity contribution is 5.89. The van der Waals surface area contributed by atoms with Gasteiger partial charge in [-0.25, -0.2) is 9.59 Å². The number of carbonyl (C=O) groups excluding carboxylic acids is 2. The van der Waals surface area contributed by atoms with Crippen LogP contribution < -0.4 is 10.2 Å². The molecule has 1 saturated heterocycles. The highest BCUT2D eigenvalue weighted by atomic mass is 16.7. The molecule has 14 heteroatoms. The van der Waals surface area contributed by atoms with Crippen LogP contribution in [0.5, 0.6) is 34.5 Å². The number of aliphatic hydroxyl groups is 1. The van der Waals surface area contributed by atoms with Crippen LogP contribution in [-0.2, 0) is 23.8 Å². The Kier molecular flexibility index (Phi) is 10.4. The molecule has 0 bridgehead atoms. The molecule has 0 radical (unpaired) electrons. The first-order valence-corrected chi connectivity index (χ1v) is 16.0. The molecule has 0 amide bonds. The maximum Gasteiger partial charge on any atom is 0.331 e. The molecular formula is C39H32O14. The minimum Gasteiger partial charge on any atom is -0.508 e. The zero-order valence-corrected chi connectivity index (χ0v) is 27.7. The number of ether oxygens (including phenoxy) is 4. The molecule has 5 unspecified atom stereocenters. The second-order valence-corrected chi connectivity index (χ2v) is 11.9. The number of aromatic hydroxyl groups is 5. The fraction of sp³-hybridized carbons (Fsp3) is 0.154. The number of hydrogen-bond donors (Lipinski definition) is 6. The van der Waals surface area contributed by atoms with Crippen LogP contribution in [0.25, 0.3) is 34.4 Å². The number of hydrogen-bond acceptors (Lipinski definition) is 14. The van der Waals surface area contributed by atoms with Gasteiger partial charge < -0.3 is 54.0 Å². The second kappa shape index (κ2) is 15.2. The predicted molar refractivity (Wildman–Crippen MR) is 188 cm³/mol. The molecule has 0 spiro atoms. The Balaban J connectivity index is 1.40. The van der Waals surface area contributed by atoms with Crippen LogP contribution >= 0.6 is 0 Å². The fourth-order valence-corrected chi connectivity index (χ4v) is 5.48. The van der Waals surface area contributed by atoms with Gasteiger partial charge in [-0.1, -0.05) is 24.3 Å². The van der Waals surface area contributed by atoms with E-state index in [2.05, 4.69) is 0 Å². The SMILES string of the molecule is CC1OC(Oc2c(-c3ccc(O)cc3)oc3cc(O)cc(O)c3c2=O)C(OC(=O)/C=C\c2ccc(O)cc2)C(OC(=O)/C=C\c2ccc(O)cc2)C1O. The number of phenols is 5. The zero-order valence-electron chi connectivity index (χ0n) is 27.7. The largest absolute Gasteiger partial charge is 0.508 e. The van der Waals surface area contributed by atoms with E-state index in [1.165, 1.54) is 79.7 Å². The van der Waals surface area contributed by atoms with E-state index in [1.807, 2.05) is 0 Å². The van der Waals surface area contributed by atoms with Gasteiger partial charge in [0.25, 0.3) is 0 Å². The highest BCUT2D eigenvalue weighted by Gasteiger charge is 2.50. The summed E-state index contributed by atoms with van der Waals surface area (Å²) in [5, 5.41) is 60.6. The smallest absolute Gasteiger partial charge is 0.331 e. The van der Waals surface area contributed by atoms with Crippen LogP contribution in [0.4, 0.5) is 0 Å². The molecule has 14 nitrogen and oxygen atoms in total. The van der Waals surface area contributed by atoms with Crippen LogP contribution in [0.15, 0.2) is 106 Å². The number of carbonyl (C=O) groups is 2. The van der Waals surface area contributed by atoms with Crippen LogP contribution in [0, 0.1) is 0 Å². The Morgan fingerprint density at radius 1 is 0.698 bits per heavy atom. The molecule has 5 atom stereocenters. The van der Waals surface area contributed by atoms with Gasteiger partial charge in [-0.05, 0) is 78.7 Å². The van der Waals surface area contributed by atoms with E-state index >= 15 is 0 Å². The maximum absolute atomic E-state index is 14.0. The third kappa shape index (κ3) is 8.25. The monoisotopic (exact) mass is 724 g/mol. The number of esters is 2. The van der Waals surface area contributed by atoms with E-state index in [0.29, 0.717) is 11.1 Å². The van der Waals surface area contributed by atoms with Crippen molar-refractivity contribution < 1.29 is 63.6 Å². The Bertz CT molecular complexity index is 2240. The third-order valence-electron chi connectivity index (χ3n) is 8.15. The summed E-state index contributed by atoms with van der Waals surface area (Å²) < 4.78 is 29.3. The summed E-state index contributed by atoms with van der Waals surface area (Å²) in [6, 6.07) is 19.2. The fourth-order valence-electron chi connectivity index (χ4n) is 5.48.